The number of amides is 1. The molecule has 3 rings (SSSR count). The van der Waals surface area contributed by atoms with Crippen LogP contribution in [0.2, 0.25) is 0 Å². The predicted octanol–water partition coefficient (Wildman–Crippen LogP) is 3.20. The summed E-state index contributed by atoms with van der Waals surface area (Å²) in [5.74, 6) is 0.846. The maximum atomic E-state index is 12.1. The zero-order chi connectivity index (χ0) is 18.5. The largest absolute Gasteiger partial charge is 0.464 e. The van der Waals surface area contributed by atoms with Gasteiger partial charge in [-0.2, -0.15) is 0 Å². The first-order valence-electron chi connectivity index (χ1n) is 8.53. The average molecular weight is 354 g/mol. The van der Waals surface area contributed by atoms with Crippen LogP contribution in [0.4, 0.5) is 0 Å². The molecular weight excluding hydrogens is 332 g/mol. The lowest BCUT2D eigenvalue weighted by molar-refractivity contribution is -0.151. The number of fused-ring (bicyclic) bond motifs is 1. The third-order valence-corrected chi connectivity index (χ3v) is 4.24. The number of para-hydroxylation sites is 1. The summed E-state index contributed by atoms with van der Waals surface area (Å²) >= 11 is 0. The Bertz CT molecular complexity index is 909. The summed E-state index contributed by atoms with van der Waals surface area (Å²) in [5.41, 5.74) is 2.11. The van der Waals surface area contributed by atoms with E-state index in [2.05, 4.69) is 4.98 Å². The minimum atomic E-state index is -0.383. The summed E-state index contributed by atoms with van der Waals surface area (Å²) in [4.78, 5) is 28.7. The normalized spacial score (nSPS) is 10.8. The summed E-state index contributed by atoms with van der Waals surface area (Å²) < 4.78 is 10.5. The van der Waals surface area contributed by atoms with Crippen molar-refractivity contribution in [2.75, 3.05) is 13.7 Å². The Kier molecular flexibility index (Phi) is 5.41. The molecule has 2 heterocycles. The first-order valence-corrected chi connectivity index (χ1v) is 8.53. The van der Waals surface area contributed by atoms with Gasteiger partial charge in [0.15, 0.2) is 6.61 Å². The molecule has 0 saturated carbocycles. The van der Waals surface area contributed by atoms with E-state index in [1.165, 1.54) is 4.90 Å². The maximum absolute atomic E-state index is 12.1. The molecule has 1 amide bonds. The van der Waals surface area contributed by atoms with Crippen LogP contribution >= 0.6 is 0 Å². The van der Waals surface area contributed by atoms with Gasteiger partial charge in [0.05, 0.1) is 6.54 Å². The van der Waals surface area contributed by atoms with E-state index < -0.39 is 0 Å². The Labute approximate surface area is 151 Å². The average Bonchev–Trinajstić information content (AvgIpc) is 3.23. The van der Waals surface area contributed by atoms with Gasteiger partial charge in [0, 0.05) is 30.6 Å². The van der Waals surface area contributed by atoms with Crippen LogP contribution in [-0.2, 0) is 27.3 Å². The molecule has 6 nitrogen and oxygen atoms in total. The van der Waals surface area contributed by atoms with Crippen molar-refractivity contribution in [2.45, 2.75) is 26.3 Å². The fourth-order valence-corrected chi connectivity index (χ4v) is 2.79. The lowest BCUT2D eigenvalue weighted by atomic mass is 10.1. The Morgan fingerprint density at radius 3 is 2.77 bits per heavy atom. The Balaban J connectivity index is 1.44. The van der Waals surface area contributed by atoms with Gasteiger partial charge in [-0.15, -0.1) is 0 Å². The third-order valence-electron chi connectivity index (χ3n) is 4.24. The van der Waals surface area contributed by atoms with E-state index >= 15 is 0 Å². The van der Waals surface area contributed by atoms with Crippen molar-refractivity contribution in [3.05, 3.63) is 59.7 Å². The number of hydrogen-bond donors (Lipinski definition) is 1. The van der Waals surface area contributed by atoms with Gasteiger partial charge >= 0.3 is 5.97 Å². The molecule has 1 N–H and O–H groups in total. The van der Waals surface area contributed by atoms with Gasteiger partial charge < -0.3 is 19.0 Å². The monoisotopic (exact) mass is 354 g/mol. The van der Waals surface area contributed by atoms with Gasteiger partial charge in [-0.1, -0.05) is 18.2 Å². The van der Waals surface area contributed by atoms with E-state index in [0.29, 0.717) is 18.7 Å². The van der Waals surface area contributed by atoms with Crippen molar-refractivity contribution < 1.29 is 18.7 Å². The number of H-pyrrole nitrogens is 1. The number of aryl methyl sites for hydroxylation is 2. The number of carbonyl (C=O) groups is 2. The molecule has 0 bridgehead atoms. The molecule has 26 heavy (non-hydrogen) atoms. The van der Waals surface area contributed by atoms with Crippen molar-refractivity contribution in [1.82, 2.24) is 9.88 Å². The van der Waals surface area contributed by atoms with E-state index in [4.69, 9.17) is 9.15 Å². The Morgan fingerprint density at radius 2 is 2.00 bits per heavy atom. The van der Waals surface area contributed by atoms with Crippen LogP contribution in [0.5, 0.6) is 0 Å². The number of nitrogens with one attached hydrogen (secondary N) is 1. The highest BCUT2D eigenvalue weighted by Gasteiger charge is 2.14. The molecule has 0 radical (unpaired) electrons. The summed E-state index contributed by atoms with van der Waals surface area (Å²) in [6.07, 6.45) is 2.71. The van der Waals surface area contributed by atoms with Crippen molar-refractivity contribution >= 4 is 22.8 Å². The number of furan rings is 1. The van der Waals surface area contributed by atoms with Crippen LogP contribution in [0.25, 0.3) is 10.9 Å². The van der Waals surface area contributed by atoms with Crippen LogP contribution in [0.3, 0.4) is 0 Å². The molecule has 0 spiro atoms. The molecule has 3 aromatic rings. The number of aromatic amines is 1. The van der Waals surface area contributed by atoms with Crippen LogP contribution in [0.1, 0.15) is 23.5 Å². The minimum Gasteiger partial charge on any atom is -0.464 e. The minimum absolute atomic E-state index is 0.232. The molecule has 1 aromatic carbocycles. The van der Waals surface area contributed by atoms with E-state index in [9.17, 15) is 9.59 Å². The van der Waals surface area contributed by atoms with Crippen molar-refractivity contribution in [2.24, 2.45) is 0 Å². The van der Waals surface area contributed by atoms with Crippen molar-refractivity contribution in [3.63, 3.8) is 0 Å². The molecule has 0 saturated heterocycles. The number of rotatable bonds is 7. The Morgan fingerprint density at radius 1 is 1.19 bits per heavy atom. The van der Waals surface area contributed by atoms with Gasteiger partial charge in [0.2, 0.25) is 0 Å². The van der Waals surface area contributed by atoms with E-state index in [1.54, 1.807) is 7.05 Å². The molecular formula is C20H22N2O4. The number of ether oxygens (including phenoxy) is 1. The fraction of sp³-hybridized carbons (Fsp3) is 0.300. The molecule has 136 valence electrons. The summed E-state index contributed by atoms with van der Waals surface area (Å²) in [6.45, 7) is 1.93. The highest BCUT2D eigenvalue weighted by molar-refractivity contribution is 5.84. The van der Waals surface area contributed by atoms with Crippen LogP contribution in [0, 0.1) is 6.92 Å². The SMILES string of the molecule is Cc1ccc(CN(C)C(=O)COC(=O)CCc2c[nH]c3ccccc23)o1. The first-order chi connectivity index (χ1) is 12.5. The van der Waals surface area contributed by atoms with Crippen LogP contribution in [-0.4, -0.2) is 35.4 Å². The number of esters is 1. The topological polar surface area (TPSA) is 75.5 Å². The molecule has 2 aromatic heterocycles. The number of carbonyl (C=O) groups excluding carboxylic acids is 2. The van der Waals surface area contributed by atoms with Gasteiger partial charge in [-0.25, -0.2) is 0 Å². The summed E-state index contributed by atoms with van der Waals surface area (Å²) in [5, 5.41) is 1.10. The van der Waals surface area contributed by atoms with Gasteiger partial charge in [-0.05, 0) is 37.1 Å². The quantitative estimate of drug-likeness (QED) is 0.661. The fourth-order valence-electron chi connectivity index (χ4n) is 2.79. The standard InChI is InChI=1S/C20H22N2O4/c1-14-7-9-16(26-14)12-22(2)19(23)13-25-20(24)10-8-15-11-21-18-6-4-3-5-17(15)18/h3-7,9,11,21H,8,10,12-13H2,1-2H3. The second kappa shape index (κ2) is 7.91. The van der Waals surface area contributed by atoms with Crippen molar-refractivity contribution in [3.8, 4) is 0 Å². The maximum Gasteiger partial charge on any atom is 0.306 e. The lowest BCUT2D eigenvalue weighted by Crippen LogP contribution is -2.30. The highest BCUT2D eigenvalue weighted by atomic mass is 16.5. The van der Waals surface area contributed by atoms with Gasteiger partial charge in [-0.3, -0.25) is 9.59 Å². The molecule has 0 aliphatic carbocycles. The summed E-state index contributed by atoms with van der Waals surface area (Å²) in [7, 11) is 1.65. The van der Waals surface area contributed by atoms with Crippen molar-refractivity contribution in [1.29, 1.82) is 0 Å². The highest BCUT2D eigenvalue weighted by Crippen LogP contribution is 2.19. The van der Waals surface area contributed by atoms with E-state index in [1.807, 2.05) is 49.5 Å². The lowest BCUT2D eigenvalue weighted by Gasteiger charge is -2.15. The number of likely N-dealkylation sites (N-methyl/N-ethyl adjacent to an activating group) is 1. The Hall–Kier alpha value is -3.02. The molecule has 0 unspecified atom stereocenters. The van der Waals surface area contributed by atoms with Crippen LogP contribution in [0.15, 0.2) is 47.0 Å². The second-order valence-electron chi connectivity index (χ2n) is 6.28. The molecule has 0 aliphatic heterocycles. The van der Waals surface area contributed by atoms with E-state index in [-0.39, 0.29) is 24.9 Å². The molecule has 6 heteroatoms. The molecule has 0 aliphatic rings. The molecule has 0 atom stereocenters. The molecule has 0 fully saturated rings. The number of aromatic nitrogens is 1. The smallest absolute Gasteiger partial charge is 0.306 e. The van der Waals surface area contributed by atoms with E-state index in [0.717, 1.165) is 22.2 Å². The third kappa shape index (κ3) is 4.33. The first kappa shape index (κ1) is 17.8. The van der Waals surface area contributed by atoms with Gasteiger partial charge in [0.1, 0.15) is 11.5 Å². The van der Waals surface area contributed by atoms with Crippen LogP contribution < -0.4 is 0 Å². The number of hydrogen-bond acceptors (Lipinski definition) is 4. The number of nitrogens with zero attached hydrogens (tertiary/aromatic N) is 1. The zero-order valence-electron chi connectivity index (χ0n) is 15.0. The zero-order valence-corrected chi connectivity index (χ0v) is 15.0. The predicted molar refractivity (Wildman–Crippen MR) is 97.5 cm³/mol. The summed E-state index contributed by atoms with van der Waals surface area (Å²) in [6, 6.07) is 11.6. The van der Waals surface area contributed by atoms with Gasteiger partial charge in [0.25, 0.3) is 5.91 Å². The second-order valence-corrected chi connectivity index (χ2v) is 6.28. The number of benzene rings is 1.